The summed E-state index contributed by atoms with van der Waals surface area (Å²) in [6, 6.07) is 0.990. The van der Waals surface area contributed by atoms with Crippen LogP contribution in [0.1, 0.15) is 24.7 Å². The Kier molecular flexibility index (Phi) is 8.07. The molecule has 17 heteroatoms. The van der Waals surface area contributed by atoms with Gasteiger partial charge in [-0.2, -0.15) is 9.36 Å². The molecule has 2 atom stereocenters. The smallest absolute Gasteiger partial charge is 0.278 e. The fourth-order valence-electron chi connectivity index (χ4n) is 3.79. The van der Waals surface area contributed by atoms with Gasteiger partial charge < -0.3 is 25.8 Å². The Morgan fingerprint density at radius 3 is 2.90 bits per heavy atom. The maximum absolute atomic E-state index is 13.1. The molecule has 0 bridgehead atoms. The molecule has 0 saturated carbocycles. The van der Waals surface area contributed by atoms with Gasteiger partial charge in [0.15, 0.2) is 17.5 Å². The van der Waals surface area contributed by atoms with E-state index < -0.39 is 29.2 Å². The number of aryl methyl sites for hydroxylation is 1. The molecule has 2 unspecified atom stereocenters. The second kappa shape index (κ2) is 11.5. The fourth-order valence-corrected chi connectivity index (χ4v) is 7.48. The van der Waals surface area contributed by atoms with Crippen molar-refractivity contribution in [3.05, 3.63) is 45.3 Å². The molecule has 2 amide bonds. The number of nitrogen functional groups attached to an aromatic ring is 1. The van der Waals surface area contributed by atoms with Crippen molar-refractivity contribution in [2.45, 2.75) is 31.4 Å². The highest BCUT2D eigenvalue weighted by molar-refractivity contribution is 8.08. The van der Waals surface area contributed by atoms with Crippen LogP contribution in [-0.4, -0.2) is 66.0 Å². The number of thioether (sulfide) groups is 2. The van der Waals surface area contributed by atoms with Crippen LogP contribution in [0.25, 0.3) is 16.3 Å². The number of thiazole rings is 1. The van der Waals surface area contributed by atoms with Crippen LogP contribution in [0.5, 0.6) is 0 Å². The number of aromatic nitrogens is 4. The number of hydrogen-bond acceptors (Lipinski definition) is 14. The van der Waals surface area contributed by atoms with Crippen LogP contribution in [0.3, 0.4) is 0 Å². The number of β-lactam (4-membered cyclic amide) rings is 1. The Balaban J connectivity index is 1.30. The molecule has 2 aliphatic heterocycles. The normalized spacial score (nSPS) is 19.4. The van der Waals surface area contributed by atoms with Crippen LogP contribution >= 0.6 is 46.4 Å². The Morgan fingerprint density at radius 2 is 2.20 bits per heavy atom. The number of aliphatic carboxylic acids is 1. The molecule has 0 radical (unpaired) electrons. The Morgan fingerprint density at radius 1 is 1.40 bits per heavy atom. The third-order valence-electron chi connectivity index (χ3n) is 5.54. The quantitative estimate of drug-likeness (QED) is 0.147. The van der Waals surface area contributed by atoms with Crippen molar-refractivity contribution in [3.63, 3.8) is 0 Å². The minimum Gasteiger partial charge on any atom is -0.543 e. The van der Waals surface area contributed by atoms with Gasteiger partial charge in [-0.15, -0.1) is 23.1 Å². The van der Waals surface area contributed by atoms with Gasteiger partial charge in [-0.05, 0) is 25.3 Å². The topological polar surface area (TPSA) is 180 Å². The molecule has 5 heterocycles. The zero-order chi connectivity index (χ0) is 28.6. The number of fused-ring (bicyclic) bond motifs is 2. The number of nitrogens with one attached hydrogen (secondary N) is 1. The summed E-state index contributed by atoms with van der Waals surface area (Å²) in [5.41, 5.74) is 6.05. The number of carbonyl (C=O) groups excluding carboxylic acids is 3. The summed E-state index contributed by atoms with van der Waals surface area (Å²) in [5.74, 6) is -2.54. The number of pyridine rings is 1. The lowest BCUT2D eigenvalue weighted by molar-refractivity contribution is -0.670. The van der Waals surface area contributed by atoms with E-state index in [1.165, 1.54) is 34.9 Å². The van der Waals surface area contributed by atoms with Crippen LogP contribution < -0.4 is 20.7 Å². The monoisotopic (exact) mass is 618 g/mol. The average Bonchev–Trinajstić information content (AvgIpc) is 3.51. The molecule has 3 aromatic rings. The number of carbonyl (C=O) groups is 3. The van der Waals surface area contributed by atoms with Crippen molar-refractivity contribution in [1.82, 2.24) is 24.6 Å². The van der Waals surface area contributed by atoms with Gasteiger partial charge in [0, 0.05) is 28.3 Å². The molecule has 40 heavy (non-hydrogen) atoms. The van der Waals surface area contributed by atoms with Gasteiger partial charge in [-0.3, -0.25) is 14.5 Å². The maximum atomic E-state index is 13.1. The molecule has 5 rings (SSSR count). The van der Waals surface area contributed by atoms with Gasteiger partial charge in [-0.25, -0.2) is 9.55 Å². The number of carboxylic acid groups (broad SMARTS) is 1. The van der Waals surface area contributed by atoms with Crippen molar-refractivity contribution in [2.24, 2.45) is 12.2 Å². The first-order valence-electron chi connectivity index (χ1n) is 11.7. The summed E-state index contributed by atoms with van der Waals surface area (Å²) in [7, 11) is 1.92. The minimum atomic E-state index is -1.47. The molecule has 3 N–H and O–H groups in total. The van der Waals surface area contributed by atoms with Crippen LogP contribution in [0.4, 0.5) is 5.13 Å². The highest BCUT2D eigenvalue weighted by atomic mass is 32.2. The zero-order valence-corrected chi connectivity index (χ0v) is 24.5. The predicted molar refractivity (Wildman–Crippen MR) is 152 cm³/mol. The lowest BCUT2D eigenvalue weighted by atomic mass is 10.0. The Hall–Kier alpha value is -3.54. The first-order chi connectivity index (χ1) is 19.1. The highest BCUT2D eigenvalue weighted by Crippen LogP contribution is 2.43. The molecule has 0 spiro atoms. The largest absolute Gasteiger partial charge is 0.543 e. The first-order valence-corrected chi connectivity index (χ1v) is 15.3. The second-order valence-corrected chi connectivity index (χ2v) is 12.8. The zero-order valence-electron chi connectivity index (χ0n) is 21.3. The average molecular weight is 619 g/mol. The van der Waals surface area contributed by atoms with Crippen LogP contribution in [-0.2, 0) is 26.3 Å². The van der Waals surface area contributed by atoms with E-state index in [4.69, 9.17) is 10.6 Å². The van der Waals surface area contributed by atoms with E-state index in [1.54, 1.807) is 25.3 Å². The molecule has 13 nitrogen and oxygen atoms in total. The lowest BCUT2D eigenvalue weighted by Crippen LogP contribution is -2.71. The summed E-state index contributed by atoms with van der Waals surface area (Å²) < 4.78 is 6.95. The number of carboxylic acids is 1. The van der Waals surface area contributed by atoms with E-state index in [1.807, 2.05) is 30.1 Å². The summed E-state index contributed by atoms with van der Waals surface area (Å²) >= 11 is 4.91. The van der Waals surface area contributed by atoms with Crippen molar-refractivity contribution >= 4 is 91.3 Å². The minimum absolute atomic E-state index is 0.0385. The van der Waals surface area contributed by atoms with Crippen molar-refractivity contribution in [2.75, 3.05) is 11.5 Å². The van der Waals surface area contributed by atoms with Crippen molar-refractivity contribution in [1.29, 1.82) is 0 Å². The molecule has 1 saturated heterocycles. The third-order valence-corrected chi connectivity index (χ3v) is 9.44. The molecule has 0 aliphatic carbocycles. The third kappa shape index (κ3) is 5.67. The Labute approximate surface area is 244 Å². The summed E-state index contributed by atoms with van der Waals surface area (Å²) in [5, 5.41) is 20.5. The number of nitrogens with zero attached hydrogens (tertiary/aromatic N) is 6. The number of rotatable bonds is 9. The molecule has 1 fully saturated rings. The molecular formula is C23H22N8O5S4. The summed E-state index contributed by atoms with van der Waals surface area (Å²) in [6.07, 6.45) is 5.33. The van der Waals surface area contributed by atoms with Gasteiger partial charge >= 0.3 is 0 Å². The SMILES string of the molecule is CC(C)O/N=C(\C(=O)NC1C(=O)N2C(C(=O)[O-])=C(S/C=C/c3nc4c[n+](C)ccc4s3)CSC12)c1nsc(N)n1. The van der Waals surface area contributed by atoms with Gasteiger partial charge in [0.1, 0.15) is 35.1 Å². The number of hydrogen-bond donors (Lipinski definition) is 2. The van der Waals surface area contributed by atoms with Crippen LogP contribution in [0.2, 0.25) is 0 Å². The van der Waals surface area contributed by atoms with Gasteiger partial charge in [0.25, 0.3) is 11.8 Å². The fraction of sp³-hybridized carbons (Fsp3) is 0.304. The number of anilines is 1. The predicted octanol–water partition coefficient (Wildman–Crippen LogP) is 0.449. The number of nitrogens with two attached hydrogens (primary N) is 1. The van der Waals surface area contributed by atoms with E-state index in [2.05, 4.69) is 24.8 Å². The van der Waals surface area contributed by atoms with E-state index >= 15 is 0 Å². The number of oxime groups is 1. The lowest BCUT2D eigenvalue weighted by Gasteiger charge is -2.50. The van der Waals surface area contributed by atoms with E-state index in [0.717, 1.165) is 31.7 Å². The van der Waals surface area contributed by atoms with Crippen LogP contribution in [0, 0.1) is 0 Å². The standard InChI is InChI=1S/C23H22N8O5S4/c1-10(2)36-28-15(18-27-23(24)40-29-18)19(32)26-16-20(33)31-17(22(34)35)13(9-38-21(16)31)37-7-5-14-25-11-8-30(3)6-4-12(11)39-14/h4-8,10,16,21H,9H2,1-3H3,(H3-,24,26,27,29,32,34,35)/b7-5+,28-15-. The van der Waals surface area contributed by atoms with E-state index in [0.29, 0.717) is 10.7 Å². The molecule has 0 aromatic carbocycles. The second-order valence-electron chi connectivity index (χ2n) is 8.80. The van der Waals surface area contributed by atoms with Crippen molar-refractivity contribution in [3.8, 4) is 0 Å². The summed E-state index contributed by atoms with van der Waals surface area (Å²) in [6.45, 7) is 3.46. The Bertz CT molecular complexity index is 1600. The van der Waals surface area contributed by atoms with E-state index in [9.17, 15) is 19.5 Å². The summed E-state index contributed by atoms with van der Waals surface area (Å²) in [4.78, 5) is 53.5. The highest BCUT2D eigenvalue weighted by Gasteiger charge is 2.53. The molecule has 3 aromatic heterocycles. The van der Waals surface area contributed by atoms with E-state index in [-0.39, 0.29) is 28.5 Å². The molecule has 2 aliphatic rings. The van der Waals surface area contributed by atoms with Gasteiger partial charge in [0.05, 0.1) is 16.4 Å². The maximum Gasteiger partial charge on any atom is 0.278 e. The number of amides is 2. The molecule has 208 valence electrons. The van der Waals surface area contributed by atoms with Crippen molar-refractivity contribution < 1.29 is 28.9 Å². The first kappa shape index (κ1) is 28.0. The van der Waals surface area contributed by atoms with Gasteiger partial charge in [-0.1, -0.05) is 16.9 Å². The van der Waals surface area contributed by atoms with Crippen LogP contribution in [0.15, 0.2) is 39.6 Å². The molecular weight excluding hydrogens is 597 g/mol. The van der Waals surface area contributed by atoms with Gasteiger partial charge in [0.2, 0.25) is 11.5 Å².